The molecule has 80 valence electrons. The predicted molar refractivity (Wildman–Crippen MR) is 60.7 cm³/mol. The normalized spacial score (nSPS) is 11.5. The van der Waals surface area contributed by atoms with Crippen molar-refractivity contribution < 1.29 is 0 Å². The lowest BCUT2D eigenvalue weighted by molar-refractivity contribution is 0.613. The van der Waals surface area contributed by atoms with Gasteiger partial charge in [-0.1, -0.05) is 0 Å². The van der Waals surface area contributed by atoms with Gasteiger partial charge in [-0.05, 0) is 38.4 Å². The Labute approximate surface area is 89.1 Å². The molecule has 2 N–H and O–H groups in total. The number of hydrogen-bond donors (Lipinski definition) is 1. The summed E-state index contributed by atoms with van der Waals surface area (Å²) < 4.78 is 2.08. The fourth-order valence-electron chi connectivity index (χ4n) is 1.72. The number of pyridine rings is 1. The molecule has 0 aromatic carbocycles. The summed E-state index contributed by atoms with van der Waals surface area (Å²) in [5.74, 6) is 0. The van der Waals surface area contributed by atoms with Crippen LogP contribution < -0.4 is 5.73 Å². The number of nitrogens with two attached hydrogens (primary N) is 1. The summed E-state index contributed by atoms with van der Waals surface area (Å²) >= 11 is 0. The number of hydrogen-bond acceptors (Lipinski definition) is 3. The molecule has 0 aliphatic heterocycles. The summed E-state index contributed by atoms with van der Waals surface area (Å²) in [6.45, 7) is 4.89. The van der Waals surface area contributed by atoms with Gasteiger partial charge in [0, 0.05) is 12.2 Å². The highest BCUT2D eigenvalue weighted by molar-refractivity contribution is 5.74. The summed E-state index contributed by atoms with van der Waals surface area (Å²) in [4.78, 5) is 8.77. The van der Waals surface area contributed by atoms with Crippen molar-refractivity contribution >= 4 is 11.2 Å². The Morgan fingerprint density at radius 2 is 2.20 bits per heavy atom. The molecule has 0 radical (unpaired) electrons. The Bertz CT molecular complexity index is 459. The van der Waals surface area contributed by atoms with Crippen molar-refractivity contribution in [1.82, 2.24) is 14.5 Å². The molecule has 0 saturated heterocycles. The lowest BCUT2D eigenvalue weighted by Crippen LogP contribution is -2.04. The zero-order chi connectivity index (χ0) is 10.8. The van der Waals surface area contributed by atoms with Gasteiger partial charge < -0.3 is 10.3 Å². The second-order valence-corrected chi connectivity index (χ2v) is 3.93. The molecule has 2 aromatic heterocycles. The van der Waals surface area contributed by atoms with Crippen LogP contribution in [0.4, 0.5) is 0 Å². The van der Waals surface area contributed by atoms with Crippen LogP contribution in [0.15, 0.2) is 18.6 Å². The Morgan fingerprint density at radius 3 is 2.87 bits per heavy atom. The van der Waals surface area contributed by atoms with Gasteiger partial charge in [0.1, 0.15) is 5.52 Å². The molecule has 4 nitrogen and oxygen atoms in total. The number of fused-ring (bicyclic) bond motifs is 1. The Morgan fingerprint density at radius 1 is 1.40 bits per heavy atom. The summed E-state index contributed by atoms with van der Waals surface area (Å²) in [7, 11) is 0. The molecule has 0 saturated carbocycles. The molecular formula is C11H16N4. The average Bonchev–Trinajstić information content (AvgIpc) is 2.62. The topological polar surface area (TPSA) is 56.7 Å². The first-order chi connectivity index (χ1) is 7.24. The minimum atomic E-state index is 0.385. The van der Waals surface area contributed by atoms with Crippen LogP contribution in [0.3, 0.4) is 0 Å². The van der Waals surface area contributed by atoms with Crippen molar-refractivity contribution in [3.8, 4) is 0 Å². The Balaban J connectivity index is 2.58. The van der Waals surface area contributed by atoms with E-state index in [0.29, 0.717) is 12.6 Å². The third kappa shape index (κ3) is 1.72. The van der Waals surface area contributed by atoms with E-state index in [-0.39, 0.29) is 0 Å². The molecule has 2 aromatic rings. The molecule has 2 heterocycles. The molecule has 15 heavy (non-hydrogen) atoms. The van der Waals surface area contributed by atoms with Gasteiger partial charge >= 0.3 is 0 Å². The Hall–Kier alpha value is -1.42. The van der Waals surface area contributed by atoms with Gasteiger partial charge in [-0.3, -0.25) is 0 Å². The van der Waals surface area contributed by atoms with Gasteiger partial charge in [0.2, 0.25) is 0 Å². The number of imidazole rings is 1. The molecule has 0 bridgehead atoms. The van der Waals surface area contributed by atoms with Crippen LogP contribution >= 0.6 is 0 Å². The lowest BCUT2D eigenvalue weighted by Gasteiger charge is -2.07. The molecule has 4 heteroatoms. The molecule has 0 fully saturated rings. The maximum absolute atomic E-state index is 5.56. The van der Waals surface area contributed by atoms with Crippen LogP contribution in [0.2, 0.25) is 0 Å². The van der Waals surface area contributed by atoms with Gasteiger partial charge in [0.05, 0.1) is 6.33 Å². The number of rotatable bonds is 3. The molecule has 0 spiro atoms. The maximum atomic E-state index is 5.56. The predicted octanol–water partition coefficient (Wildman–Crippen LogP) is 1.51. The highest BCUT2D eigenvalue weighted by Gasteiger charge is 2.09. The highest BCUT2D eigenvalue weighted by atomic mass is 15.1. The van der Waals surface area contributed by atoms with E-state index >= 15 is 0 Å². The van der Waals surface area contributed by atoms with Gasteiger partial charge in [-0.25, -0.2) is 9.97 Å². The summed E-state index contributed by atoms with van der Waals surface area (Å²) in [5.41, 5.74) is 8.68. The summed E-state index contributed by atoms with van der Waals surface area (Å²) in [6, 6.07) is 2.38. The van der Waals surface area contributed by atoms with Crippen molar-refractivity contribution in [1.29, 1.82) is 0 Å². The first kappa shape index (κ1) is 10.1. The molecular weight excluding hydrogens is 188 g/mol. The van der Waals surface area contributed by atoms with Crippen LogP contribution in [-0.2, 0) is 6.42 Å². The minimum Gasteiger partial charge on any atom is -0.330 e. The minimum absolute atomic E-state index is 0.385. The largest absolute Gasteiger partial charge is 0.330 e. The maximum Gasteiger partial charge on any atom is 0.160 e. The third-order valence-corrected chi connectivity index (χ3v) is 2.51. The van der Waals surface area contributed by atoms with Crippen LogP contribution in [0.1, 0.15) is 25.5 Å². The fraction of sp³-hybridized carbons (Fsp3) is 0.455. The SMILES string of the molecule is CC(C)n1cnc2c(CCN)ccnc21. The first-order valence-electron chi connectivity index (χ1n) is 5.24. The number of aromatic nitrogens is 3. The van der Waals surface area contributed by atoms with E-state index in [1.807, 2.05) is 18.6 Å². The van der Waals surface area contributed by atoms with E-state index < -0.39 is 0 Å². The van der Waals surface area contributed by atoms with E-state index in [0.717, 1.165) is 17.6 Å². The highest BCUT2D eigenvalue weighted by Crippen LogP contribution is 2.18. The van der Waals surface area contributed by atoms with Crippen molar-refractivity contribution in [3.05, 3.63) is 24.2 Å². The van der Waals surface area contributed by atoms with Gasteiger partial charge in [0.25, 0.3) is 0 Å². The molecule has 0 unspecified atom stereocenters. The van der Waals surface area contributed by atoms with E-state index in [9.17, 15) is 0 Å². The van der Waals surface area contributed by atoms with Crippen molar-refractivity contribution in [3.63, 3.8) is 0 Å². The fourth-order valence-corrected chi connectivity index (χ4v) is 1.72. The Kier molecular flexibility index (Phi) is 2.68. The van der Waals surface area contributed by atoms with Gasteiger partial charge in [-0.15, -0.1) is 0 Å². The zero-order valence-corrected chi connectivity index (χ0v) is 9.14. The quantitative estimate of drug-likeness (QED) is 0.824. The summed E-state index contributed by atoms with van der Waals surface area (Å²) in [6.07, 6.45) is 4.53. The van der Waals surface area contributed by atoms with E-state index in [2.05, 4.69) is 28.4 Å². The lowest BCUT2D eigenvalue weighted by atomic mass is 10.2. The standard InChI is InChI=1S/C11H16N4/c1-8(2)15-7-14-10-9(3-5-12)4-6-13-11(10)15/h4,6-8H,3,5,12H2,1-2H3. The average molecular weight is 204 g/mol. The van der Waals surface area contributed by atoms with Crippen LogP contribution in [0.25, 0.3) is 11.2 Å². The van der Waals surface area contributed by atoms with Gasteiger partial charge in [-0.2, -0.15) is 0 Å². The van der Waals surface area contributed by atoms with Crippen LogP contribution in [0, 0.1) is 0 Å². The smallest absolute Gasteiger partial charge is 0.160 e. The van der Waals surface area contributed by atoms with E-state index in [4.69, 9.17) is 5.73 Å². The van der Waals surface area contributed by atoms with E-state index in [1.54, 1.807) is 0 Å². The monoisotopic (exact) mass is 204 g/mol. The second-order valence-electron chi connectivity index (χ2n) is 3.93. The third-order valence-electron chi connectivity index (χ3n) is 2.51. The molecule has 0 aliphatic carbocycles. The van der Waals surface area contributed by atoms with Crippen LogP contribution in [0.5, 0.6) is 0 Å². The second kappa shape index (κ2) is 3.98. The zero-order valence-electron chi connectivity index (χ0n) is 9.14. The first-order valence-corrected chi connectivity index (χ1v) is 5.24. The van der Waals surface area contributed by atoms with Crippen molar-refractivity contribution in [2.24, 2.45) is 5.73 Å². The van der Waals surface area contributed by atoms with Crippen LogP contribution in [-0.4, -0.2) is 21.1 Å². The van der Waals surface area contributed by atoms with Crippen molar-refractivity contribution in [2.45, 2.75) is 26.3 Å². The van der Waals surface area contributed by atoms with Gasteiger partial charge in [0.15, 0.2) is 5.65 Å². The molecule has 0 amide bonds. The molecule has 0 atom stereocenters. The molecule has 0 aliphatic rings. The summed E-state index contributed by atoms with van der Waals surface area (Å²) in [5, 5.41) is 0. The molecule has 2 rings (SSSR count). The van der Waals surface area contributed by atoms with Crippen molar-refractivity contribution in [2.75, 3.05) is 6.54 Å². The number of nitrogens with zero attached hydrogens (tertiary/aromatic N) is 3. The van der Waals surface area contributed by atoms with E-state index in [1.165, 1.54) is 5.56 Å².